The number of ether oxygens (including phenoxy) is 1. The molecule has 1 rings (SSSR count). The van der Waals surface area contributed by atoms with Gasteiger partial charge in [0.25, 0.3) is 5.91 Å². The van der Waals surface area contributed by atoms with Crippen LogP contribution in [0.5, 0.6) is 5.75 Å². The maximum atomic E-state index is 12.1. The highest BCUT2D eigenvalue weighted by atomic mass is 16.5. The van der Waals surface area contributed by atoms with E-state index < -0.39 is 12.1 Å². The van der Waals surface area contributed by atoms with Crippen molar-refractivity contribution in [1.29, 1.82) is 0 Å². The normalized spacial score (nSPS) is 12.0. The van der Waals surface area contributed by atoms with Crippen LogP contribution in [0.25, 0.3) is 0 Å². The number of carbonyl (C=O) groups excluding carboxylic acids is 1. The van der Waals surface area contributed by atoms with Gasteiger partial charge >= 0.3 is 5.97 Å². The van der Waals surface area contributed by atoms with Crippen molar-refractivity contribution in [3.05, 3.63) is 29.3 Å². The molecule has 0 fully saturated rings. The largest absolute Gasteiger partial charge is 0.481 e. The van der Waals surface area contributed by atoms with E-state index in [-0.39, 0.29) is 12.3 Å². The van der Waals surface area contributed by atoms with E-state index in [2.05, 4.69) is 19.2 Å². The quantitative estimate of drug-likeness (QED) is 0.685. The molecular weight excluding hydrogens is 294 g/mol. The number of hydrogen-bond acceptors (Lipinski definition) is 3. The lowest BCUT2D eigenvalue weighted by Crippen LogP contribution is -2.37. The number of unbranched alkanes of at least 4 members (excludes halogenated alkanes) is 1. The summed E-state index contributed by atoms with van der Waals surface area (Å²) >= 11 is 0. The maximum Gasteiger partial charge on any atom is 0.303 e. The number of carbonyl (C=O) groups is 2. The molecule has 0 radical (unpaired) electrons. The first-order valence-electron chi connectivity index (χ1n) is 8.08. The van der Waals surface area contributed by atoms with Gasteiger partial charge in [-0.25, -0.2) is 0 Å². The monoisotopic (exact) mass is 321 g/mol. The Labute approximate surface area is 138 Å². The van der Waals surface area contributed by atoms with Crippen LogP contribution >= 0.6 is 0 Å². The third-order valence-corrected chi connectivity index (χ3v) is 3.58. The van der Waals surface area contributed by atoms with Crippen molar-refractivity contribution in [1.82, 2.24) is 5.32 Å². The number of benzene rings is 1. The van der Waals surface area contributed by atoms with Gasteiger partial charge in [0.1, 0.15) is 5.75 Å². The van der Waals surface area contributed by atoms with Gasteiger partial charge in [-0.1, -0.05) is 26.0 Å². The zero-order chi connectivity index (χ0) is 17.4. The second-order valence-corrected chi connectivity index (χ2v) is 6.10. The molecule has 0 bridgehead atoms. The van der Waals surface area contributed by atoms with Crippen molar-refractivity contribution in [2.45, 2.75) is 59.0 Å². The predicted molar refractivity (Wildman–Crippen MR) is 89.9 cm³/mol. The predicted octanol–water partition coefficient (Wildman–Crippen LogP) is 3.26. The highest BCUT2D eigenvalue weighted by molar-refractivity contribution is 5.80. The molecule has 1 aromatic carbocycles. The molecule has 0 spiro atoms. The Morgan fingerprint density at radius 1 is 1.22 bits per heavy atom. The third-order valence-electron chi connectivity index (χ3n) is 3.58. The van der Waals surface area contributed by atoms with E-state index in [4.69, 9.17) is 9.84 Å². The SMILES string of the molecule is Cc1ccc(C(C)C)c(OC(C)C(=O)NCCCCC(=O)O)c1. The van der Waals surface area contributed by atoms with Gasteiger partial charge in [-0.2, -0.15) is 0 Å². The van der Waals surface area contributed by atoms with Gasteiger partial charge < -0.3 is 15.2 Å². The molecule has 1 unspecified atom stereocenters. The number of aliphatic carboxylic acids is 1. The van der Waals surface area contributed by atoms with Crippen molar-refractivity contribution in [2.75, 3.05) is 6.54 Å². The minimum atomic E-state index is -0.811. The average Bonchev–Trinajstić information content (AvgIpc) is 2.46. The van der Waals surface area contributed by atoms with Gasteiger partial charge in [0.05, 0.1) is 0 Å². The van der Waals surface area contributed by atoms with Gasteiger partial charge in [0.15, 0.2) is 6.10 Å². The van der Waals surface area contributed by atoms with Crippen LogP contribution in [0.3, 0.4) is 0 Å². The van der Waals surface area contributed by atoms with Crippen LogP contribution < -0.4 is 10.1 Å². The molecule has 0 heterocycles. The highest BCUT2D eigenvalue weighted by Crippen LogP contribution is 2.28. The van der Waals surface area contributed by atoms with Gasteiger partial charge in [0, 0.05) is 13.0 Å². The molecule has 1 amide bonds. The molecule has 2 N–H and O–H groups in total. The molecule has 0 aliphatic rings. The summed E-state index contributed by atoms with van der Waals surface area (Å²) in [6.45, 7) is 8.35. The molecule has 1 aromatic rings. The second-order valence-electron chi connectivity index (χ2n) is 6.10. The molecule has 128 valence electrons. The van der Waals surface area contributed by atoms with E-state index in [1.54, 1.807) is 6.92 Å². The van der Waals surface area contributed by atoms with Gasteiger partial charge in [-0.15, -0.1) is 0 Å². The van der Waals surface area contributed by atoms with Crippen LogP contribution in [-0.2, 0) is 9.59 Å². The van der Waals surface area contributed by atoms with Crippen molar-refractivity contribution in [3.63, 3.8) is 0 Å². The van der Waals surface area contributed by atoms with E-state index in [0.717, 1.165) is 16.9 Å². The van der Waals surface area contributed by atoms with E-state index in [0.29, 0.717) is 25.3 Å². The Morgan fingerprint density at radius 2 is 1.91 bits per heavy atom. The van der Waals surface area contributed by atoms with E-state index in [9.17, 15) is 9.59 Å². The summed E-state index contributed by atoms with van der Waals surface area (Å²) in [5.41, 5.74) is 2.17. The average molecular weight is 321 g/mol. The number of nitrogens with one attached hydrogen (secondary N) is 1. The molecule has 0 aromatic heterocycles. The van der Waals surface area contributed by atoms with E-state index >= 15 is 0 Å². The Hall–Kier alpha value is -2.04. The Morgan fingerprint density at radius 3 is 2.52 bits per heavy atom. The number of hydrogen-bond donors (Lipinski definition) is 2. The van der Waals surface area contributed by atoms with Crippen molar-refractivity contribution in [3.8, 4) is 5.75 Å². The van der Waals surface area contributed by atoms with Gasteiger partial charge in [-0.05, 0) is 49.8 Å². The molecule has 5 nitrogen and oxygen atoms in total. The smallest absolute Gasteiger partial charge is 0.303 e. The molecule has 0 saturated heterocycles. The summed E-state index contributed by atoms with van der Waals surface area (Å²) in [5.74, 6) is 0.0654. The zero-order valence-corrected chi connectivity index (χ0v) is 14.4. The molecule has 0 aliphatic carbocycles. The third kappa shape index (κ3) is 6.72. The summed E-state index contributed by atoms with van der Waals surface area (Å²) < 4.78 is 5.84. The summed E-state index contributed by atoms with van der Waals surface area (Å²) in [6.07, 6.45) is 0.740. The molecule has 5 heteroatoms. The minimum Gasteiger partial charge on any atom is -0.481 e. The lowest BCUT2D eigenvalue weighted by Gasteiger charge is -2.19. The maximum absolute atomic E-state index is 12.1. The Bertz CT molecular complexity index is 540. The molecule has 23 heavy (non-hydrogen) atoms. The van der Waals surface area contributed by atoms with Crippen molar-refractivity contribution in [2.24, 2.45) is 0 Å². The van der Waals surface area contributed by atoms with Crippen LogP contribution in [0.15, 0.2) is 18.2 Å². The summed E-state index contributed by atoms with van der Waals surface area (Å²) in [4.78, 5) is 22.5. The molecule has 0 aliphatic heterocycles. The van der Waals surface area contributed by atoms with Crippen LogP contribution in [-0.4, -0.2) is 29.6 Å². The summed E-state index contributed by atoms with van der Waals surface area (Å²) in [5, 5.41) is 11.3. The number of aryl methyl sites for hydroxylation is 1. The van der Waals surface area contributed by atoms with Crippen molar-refractivity contribution >= 4 is 11.9 Å². The minimum absolute atomic E-state index is 0.128. The molecule has 0 saturated carbocycles. The van der Waals surface area contributed by atoms with Gasteiger partial charge in [0.2, 0.25) is 0 Å². The van der Waals surface area contributed by atoms with E-state index in [1.807, 2.05) is 25.1 Å². The van der Waals surface area contributed by atoms with Crippen LogP contribution in [0, 0.1) is 6.92 Å². The molecule has 1 atom stereocenters. The fourth-order valence-corrected chi connectivity index (χ4v) is 2.22. The first kappa shape index (κ1) is 19.0. The Balaban J connectivity index is 2.52. The van der Waals surface area contributed by atoms with Crippen LogP contribution in [0.1, 0.15) is 57.1 Å². The van der Waals surface area contributed by atoms with Gasteiger partial charge in [-0.3, -0.25) is 9.59 Å². The summed E-state index contributed by atoms with van der Waals surface area (Å²) in [6, 6.07) is 6.02. The number of amides is 1. The van der Waals surface area contributed by atoms with Crippen LogP contribution in [0.4, 0.5) is 0 Å². The van der Waals surface area contributed by atoms with Crippen molar-refractivity contribution < 1.29 is 19.4 Å². The highest BCUT2D eigenvalue weighted by Gasteiger charge is 2.17. The van der Waals surface area contributed by atoms with E-state index in [1.165, 1.54) is 0 Å². The zero-order valence-electron chi connectivity index (χ0n) is 14.4. The fourth-order valence-electron chi connectivity index (χ4n) is 2.22. The first-order chi connectivity index (χ1) is 10.8. The lowest BCUT2D eigenvalue weighted by atomic mass is 10.0. The van der Waals surface area contributed by atoms with Crippen LogP contribution in [0.2, 0.25) is 0 Å². The number of rotatable bonds is 9. The molecular formula is C18H27NO4. The summed E-state index contributed by atoms with van der Waals surface area (Å²) in [7, 11) is 0. The second kappa shape index (κ2) is 9.18. The number of carboxylic acid groups (broad SMARTS) is 1. The topological polar surface area (TPSA) is 75.6 Å². The Kier molecular flexibility index (Phi) is 7.59. The number of carboxylic acids is 1. The standard InChI is InChI=1S/C18H27NO4/c1-12(2)15-9-8-13(3)11-16(15)23-14(4)18(22)19-10-6-5-7-17(20)21/h8-9,11-12,14H,5-7,10H2,1-4H3,(H,19,22)(H,20,21). The fraction of sp³-hybridized carbons (Fsp3) is 0.556. The first-order valence-corrected chi connectivity index (χ1v) is 8.08. The lowest BCUT2D eigenvalue weighted by molar-refractivity contribution is -0.137.